The second kappa shape index (κ2) is 30.4. The average molecular weight is 1660 g/mol. The van der Waals surface area contributed by atoms with Crippen LogP contribution in [0.25, 0.3) is 230 Å². The van der Waals surface area contributed by atoms with Gasteiger partial charge in [-0.25, -0.2) is 0 Å². The highest BCUT2D eigenvalue weighted by Gasteiger charge is 2.39. The molecule has 0 bridgehead atoms. The molecule has 6 nitrogen and oxygen atoms in total. The van der Waals surface area contributed by atoms with Crippen molar-refractivity contribution in [3.63, 3.8) is 0 Å². The van der Waals surface area contributed by atoms with Gasteiger partial charge in [-0.05, 0) is 202 Å². The van der Waals surface area contributed by atoms with Crippen molar-refractivity contribution in [1.29, 1.82) is 0 Å². The fourth-order valence-corrected chi connectivity index (χ4v) is 21.8. The number of hydrogen-bond donors (Lipinski definition) is 3. The first-order chi connectivity index (χ1) is 64.5. The first kappa shape index (κ1) is 74.4. The number of hydrogen-bond acceptors (Lipinski definition) is 1. The van der Waals surface area contributed by atoms with Gasteiger partial charge in [0.2, 0.25) is 0 Å². The molecule has 0 saturated carbocycles. The summed E-state index contributed by atoms with van der Waals surface area (Å²) in [5.74, 6) is 0.278. The maximum Gasteiger partial charge on any atom is 0.0629 e. The Morgan fingerprint density at radius 3 is 1.12 bits per heavy atom. The van der Waals surface area contributed by atoms with Gasteiger partial charge in [0.25, 0.3) is 0 Å². The van der Waals surface area contributed by atoms with Gasteiger partial charge in [0.05, 0.1) is 44.7 Å². The van der Waals surface area contributed by atoms with Crippen molar-refractivity contribution >= 4 is 191 Å². The number of para-hydroxylation sites is 6. The molecule has 0 saturated heterocycles. The molecule has 3 N–H and O–H groups in total. The number of H-pyrrole nitrogens is 3. The molecule has 6 heteroatoms. The second-order valence-electron chi connectivity index (χ2n) is 34.6. The van der Waals surface area contributed by atoms with Gasteiger partial charge in [0.1, 0.15) is 0 Å². The SMILES string of the molecule is C1=CC2C(c3ccccc3)=C(/C=C/c3cc4c5ccccc5[nH]c4c4ccccc34)N(c3ccccc3)C2C=C1.c1ccc(-c2ccc(-n3c4ccccc4c4c5ccccc5c(-c5cc6c7ccccc7[nH]c6c6ccccc56)cc43)cc2)cc1.c1ccc2cc(-n3c4ccccc4c4c5ccccc5c(-c5cc6c7ccccc7[nH]c6c6ccccc56)cc43)ccc2c1. The van der Waals surface area contributed by atoms with E-state index in [0.717, 1.165) is 5.69 Å². The van der Waals surface area contributed by atoms with Crippen molar-refractivity contribution < 1.29 is 0 Å². The average Bonchev–Trinajstić information content (AvgIpc) is 1.51. The predicted molar refractivity (Wildman–Crippen MR) is 554 cm³/mol. The summed E-state index contributed by atoms with van der Waals surface area (Å²) in [4.78, 5) is 13.6. The van der Waals surface area contributed by atoms with Gasteiger partial charge >= 0.3 is 0 Å². The Morgan fingerprint density at radius 2 is 0.592 bits per heavy atom. The normalized spacial score (nSPS) is 14.0. The summed E-state index contributed by atoms with van der Waals surface area (Å²) in [6.07, 6.45) is 13.7. The highest BCUT2D eigenvalue weighted by atomic mass is 15.2. The fourth-order valence-electron chi connectivity index (χ4n) is 21.8. The van der Waals surface area contributed by atoms with Gasteiger partial charge in [-0.15, -0.1) is 0 Å². The Labute approximate surface area is 749 Å². The third-order valence-electron chi connectivity index (χ3n) is 27.6. The van der Waals surface area contributed by atoms with Gasteiger partial charge in [0, 0.05) is 115 Å². The zero-order valence-electron chi connectivity index (χ0n) is 71.0. The second-order valence-corrected chi connectivity index (χ2v) is 34.6. The van der Waals surface area contributed by atoms with Crippen LogP contribution < -0.4 is 4.90 Å². The van der Waals surface area contributed by atoms with Crippen LogP contribution in [0, 0.1) is 5.92 Å². The Hall–Kier alpha value is -17.1. The minimum absolute atomic E-state index is 0.232. The van der Waals surface area contributed by atoms with Crippen LogP contribution in [-0.2, 0) is 0 Å². The lowest BCUT2D eigenvalue weighted by molar-refractivity contribution is 0.707. The molecule has 1 aliphatic carbocycles. The van der Waals surface area contributed by atoms with Crippen LogP contribution >= 0.6 is 0 Å². The van der Waals surface area contributed by atoms with Crippen molar-refractivity contribution in [2.75, 3.05) is 4.90 Å². The first-order valence-electron chi connectivity index (χ1n) is 45.0. The molecule has 0 spiro atoms. The molecule has 0 fully saturated rings. The monoisotopic (exact) mass is 1650 g/mol. The largest absolute Gasteiger partial charge is 0.354 e. The van der Waals surface area contributed by atoms with Crippen LogP contribution in [0.2, 0.25) is 0 Å². The third-order valence-corrected chi connectivity index (χ3v) is 27.6. The summed E-state index contributed by atoms with van der Waals surface area (Å²) >= 11 is 0. The molecule has 2 aliphatic rings. The van der Waals surface area contributed by atoms with Crippen molar-refractivity contribution in [3.8, 4) is 44.8 Å². The molecule has 1 aliphatic heterocycles. The Bertz CT molecular complexity index is 9250. The summed E-state index contributed by atoms with van der Waals surface area (Å²) in [6.45, 7) is 0. The standard InChI is InChI=1S/C44H28N2.C42H26N2.C38H28N2/c1-2-12-28(13-3-1)29-22-24-30(25-23-29)46-41-21-11-9-19-36(41)43-34-17-6-4-14-31(34)38(27-42(43)46)37-26-39-33-16-8-10-20-40(33)45-44(39)35-18-7-5-15-32(35)37;1-2-12-27-23-28(22-21-26(27)11-1)44-39-20-10-8-18-34(39)41-32-16-5-3-13-29(32)36(25-40(41)44)35-24-37-31-15-7-9-19-38(31)43-42(37)33-17-6-4-14-30(33)35;1-3-13-26(14-4-1)37-32-20-10-12-22-35(32)40(28-15-5-2-6-16-28)36(37)24-23-27-25-33-30-18-9-11-21-34(30)39-38(33)31-19-8-7-17-29(27)31/h1-27,45H;1-25,43H;1-25,32,35,39H/b;;24-23+. The number of nitrogens with one attached hydrogen (secondary N) is 3. The lowest BCUT2D eigenvalue weighted by atomic mass is 9.86. The van der Waals surface area contributed by atoms with E-state index in [0.29, 0.717) is 0 Å². The Morgan fingerprint density at radius 1 is 0.223 bits per heavy atom. The molecule has 608 valence electrons. The molecule has 28 rings (SSSR count). The highest BCUT2D eigenvalue weighted by molar-refractivity contribution is 6.30. The summed E-state index contributed by atoms with van der Waals surface area (Å²) in [6, 6.07) is 157. The minimum atomic E-state index is 0.232. The van der Waals surface area contributed by atoms with Crippen LogP contribution in [0.1, 0.15) is 11.1 Å². The Balaban J connectivity index is 0.000000103. The number of aromatic nitrogens is 5. The summed E-state index contributed by atoms with van der Waals surface area (Å²) in [5.41, 5.74) is 28.1. The van der Waals surface area contributed by atoms with Crippen molar-refractivity contribution in [2.24, 2.45) is 5.92 Å². The zero-order valence-corrected chi connectivity index (χ0v) is 71.0. The van der Waals surface area contributed by atoms with Crippen LogP contribution in [0.5, 0.6) is 0 Å². The topological polar surface area (TPSA) is 60.5 Å². The first-order valence-corrected chi connectivity index (χ1v) is 45.0. The number of aromatic amines is 3. The molecule has 5 aromatic heterocycles. The third kappa shape index (κ3) is 12.0. The van der Waals surface area contributed by atoms with E-state index in [-0.39, 0.29) is 12.0 Å². The van der Waals surface area contributed by atoms with Gasteiger partial charge in [-0.1, -0.05) is 364 Å². The smallest absolute Gasteiger partial charge is 0.0629 e. The molecule has 0 amide bonds. The maximum atomic E-state index is 3.73. The zero-order chi connectivity index (χ0) is 85.4. The number of rotatable bonds is 9. The minimum Gasteiger partial charge on any atom is -0.354 e. The van der Waals surface area contributed by atoms with Gasteiger partial charge in [-0.3, -0.25) is 0 Å². The van der Waals surface area contributed by atoms with Crippen LogP contribution in [-0.4, -0.2) is 30.1 Å². The number of nitrogens with zero attached hydrogens (tertiary/aromatic N) is 3. The predicted octanol–water partition coefficient (Wildman–Crippen LogP) is 33.1. The molecule has 130 heavy (non-hydrogen) atoms. The number of allylic oxidation sites excluding steroid dienone is 3. The summed E-state index contributed by atoms with van der Waals surface area (Å²) < 4.78 is 4.90. The van der Waals surface area contributed by atoms with E-state index in [1.807, 2.05) is 0 Å². The van der Waals surface area contributed by atoms with Crippen molar-refractivity contribution in [3.05, 3.63) is 478 Å². The molecule has 2 unspecified atom stereocenters. The van der Waals surface area contributed by atoms with Gasteiger partial charge in [0.15, 0.2) is 0 Å². The summed E-state index contributed by atoms with van der Waals surface area (Å²) in [5, 5.41) is 27.7. The number of fused-ring (bicyclic) bond motifs is 27. The van der Waals surface area contributed by atoms with E-state index in [2.05, 4.69) is 496 Å². The van der Waals surface area contributed by atoms with Crippen molar-refractivity contribution in [2.45, 2.75) is 6.04 Å². The van der Waals surface area contributed by atoms with Gasteiger partial charge in [-0.2, -0.15) is 0 Å². The van der Waals surface area contributed by atoms with Crippen LogP contribution in [0.4, 0.5) is 5.69 Å². The van der Waals surface area contributed by atoms with E-state index in [4.69, 9.17) is 0 Å². The number of benzene rings is 21. The highest BCUT2D eigenvalue weighted by Crippen LogP contribution is 2.51. The molecule has 26 aromatic rings. The van der Waals surface area contributed by atoms with E-state index < -0.39 is 0 Å². The lowest BCUT2D eigenvalue weighted by Crippen LogP contribution is -2.32. The molecular weight excluding hydrogens is 1570 g/mol. The molecule has 0 radical (unpaired) electrons. The van der Waals surface area contributed by atoms with E-state index >= 15 is 0 Å². The van der Waals surface area contributed by atoms with E-state index in [1.165, 1.54) is 241 Å². The van der Waals surface area contributed by atoms with Crippen molar-refractivity contribution in [1.82, 2.24) is 24.1 Å². The van der Waals surface area contributed by atoms with Crippen LogP contribution in [0.3, 0.4) is 0 Å². The fraction of sp³-hybridized carbons (Fsp3) is 0.0161. The molecule has 21 aromatic carbocycles. The van der Waals surface area contributed by atoms with E-state index in [1.54, 1.807) is 0 Å². The van der Waals surface area contributed by atoms with E-state index in [9.17, 15) is 0 Å². The molecule has 6 heterocycles. The summed E-state index contributed by atoms with van der Waals surface area (Å²) in [7, 11) is 0. The quantitative estimate of drug-likeness (QED) is 0.133. The van der Waals surface area contributed by atoms with Crippen LogP contribution in [0.15, 0.2) is 467 Å². The molecule has 2 atom stereocenters. The van der Waals surface area contributed by atoms with Gasteiger partial charge < -0.3 is 29.0 Å². The number of anilines is 1. The maximum absolute atomic E-state index is 3.73. The Kier molecular flexibility index (Phi) is 17.4. The molecular formula is C124H82N6. The lowest BCUT2D eigenvalue weighted by Gasteiger charge is -2.30.